The Kier molecular flexibility index (Phi) is 7.53. The van der Waals surface area contributed by atoms with Gasteiger partial charge in [0.15, 0.2) is 5.96 Å². The number of nitrogens with one attached hydrogen (secondary N) is 1. The monoisotopic (exact) mass is 383 g/mol. The summed E-state index contributed by atoms with van der Waals surface area (Å²) in [7, 11) is 0. The van der Waals surface area contributed by atoms with Crippen molar-refractivity contribution in [3.05, 3.63) is 60.1 Å². The highest BCUT2D eigenvalue weighted by Gasteiger charge is 2.27. The van der Waals surface area contributed by atoms with Crippen LogP contribution in [-0.4, -0.2) is 43.1 Å². The van der Waals surface area contributed by atoms with Crippen molar-refractivity contribution in [2.45, 2.75) is 32.7 Å². The topological polar surface area (TPSA) is 67.1 Å². The van der Waals surface area contributed by atoms with Crippen LogP contribution in [0.2, 0.25) is 0 Å². The van der Waals surface area contributed by atoms with Crippen LogP contribution in [0.3, 0.4) is 0 Å². The molecule has 1 aromatic heterocycles. The van der Waals surface area contributed by atoms with Crippen LogP contribution in [0.15, 0.2) is 58.1 Å². The van der Waals surface area contributed by atoms with Crippen LogP contribution in [-0.2, 0) is 22.5 Å². The minimum absolute atomic E-state index is 0.00491. The molecule has 1 fully saturated rings. The molecule has 0 saturated carbocycles. The number of likely N-dealkylation sites (tertiary alicyclic amines) is 1. The Morgan fingerprint density at radius 2 is 2.00 bits per heavy atom. The van der Waals surface area contributed by atoms with Crippen LogP contribution in [0, 0.1) is 5.92 Å². The van der Waals surface area contributed by atoms with Crippen molar-refractivity contribution in [1.82, 2.24) is 10.2 Å². The number of furan rings is 1. The van der Waals surface area contributed by atoms with Crippen LogP contribution >= 0.6 is 0 Å². The normalized spacial score (nSPS) is 15.5. The number of carbonyl (C=O) groups excluding carboxylic acids is 1. The van der Waals surface area contributed by atoms with Gasteiger partial charge in [-0.05, 0) is 37.5 Å². The number of guanidine groups is 1. The van der Waals surface area contributed by atoms with Crippen molar-refractivity contribution in [2.24, 2.45) is 10.9 Å². The molecule has 1 aromatic carbocycles. The average Bonchev–Trinajstić information content (AvgIpc) is 3.25. The summed E-state index contributed by atoms with van der Waals surface area (Å²) in [5.41, 5.74) is 1.18. The van der Waals surface area contributed by atoms with Gasteiger partial charge in [-0.25, -0.2) is 4.99 Å². The van der Waals surface area contributed by atoms with E-state index in [1.807, 2.05) is 37.3 Å². The number of piperidine rings is 1. The Bertz CT molecular complexity index is 736. The van der Waals surface area contributed by atoms with Gasteiger partial charge in [-0.2, -0.15) is 0 Å². The number of ether oxygens (including phenoxy) is 1. The van der Waals surface area contributed by atoms with Gasteiger partial charge in [0.1, 0.15) is 5.76 Å². The smallest absolute Gasteiger partial charge is 0.309 e. The van der Waals surface area contributed by atoms with Crippen molar-refractivity contribution >= 4 is 11.9 Å². The highest BCUT2D eigenvalue weighted by atomic mass is 16.5. The molecule has 150 valence electrons. The van der Waals surface area contributed by atoms with E-state index >= 15 is 0 Å². The number of benzene rings is 1. The minimum Gasteiger partial charge on any atom is -0.469 e. The first kappa shape index (κ1) is 20.0. The first-order chi connectivity index (χ1) is 13.8. The quantitative estimate of drug-likeness (QED) is 0.452. The summed E-state index contributed by atoms with van der Waals surface area (Å²) in [6, 6.07) is 14.1. The van der Waals surface area contributed by atoms with Crippen molar-refractivity contribution in [1.29, 1.82) is 0 Å². The highest BCUT2D eigenvalue weighted by molar-refractivity contribution is 5.80. The molecule has 1 aliphatic rings. The van der Waals surface area contributed by atoms with Crippen LogP contribution < -0.4 is 5.32 Å². The molecule has 1 N–H and O–H groups in total. The number of rotatable bonds is 7. The van der Waals surface area contributed by atoms with Crippen molar-refractivity contribution in [2.75, 3.05) is 26.2 Å². The third kappa shape index (κ3) is 5.87. The molecule has 3 rings (SSSR count). The van der Waals surface area contributed by atoms with Gasteiger partial charge in [0, 0.05) is 26.1 Å². The van der Waals surface area contributed by atoms with Crippen LogP contribution in [0.1, 0.15) is 31.1 Å². The number of aliphatic imine (C=N–C) groups is 1. The van der Waals surface area contributed by atoms with Crippen LogP contribution in [0.4, 0.5) is 0 Å². The van der Waals surface area contributed by atoms with Gasteiger partial charge in [0.2, 0.25) is 0 Å². The molecular weight excluding hydrogens is 354 g/mol. The molecule has 1 aliphatic heterocycles. The first-order valence-electron chi connectivity index (χ1n) is 10.0. The van der Waals surface area contributed by atoms with Crippen LogP contribution in [0.25, 0.3) is 0 Å². The molecule has 0 radical (unpaired) electrons. The van der Waals surface area contributed by atoms with Gasteiger partial charge in [0.25, 0.3) is 0 Å². The zero-order chi connectivity index (χ0) is 19.6. The Labute approximate surface area is 166 Å². The largest absolute Gasteiger partial charge is 0.469 e. The van der Waals surface area contributed by atoms with Crippen molar-refractivity contribution in [3.63, 3.8) is 0 Å². The SMILES string of the molecule is CCOC(=O)C1CCN(C(=NCc2ccccc2)NCCc2ccco2)CC1. The molecule has 0 bridgehead atoms. The van der Waals surface area contributed by atoms with Crippen LogP contribution in [0.5, 0.6) is 0 Å². The molecule has 1 saturated heterocycles. The van der Waals surface area contributed by atoms with E-state index in [9.17, 15) is 4.79 Å². The summed E-state index contributed by atoms with van der Waals surface area (Å²) >= 11 is 0. The number of nitrogens with zero attached hydrogens (tertiary/aromatic N) is 2. The minimum atomic E-state index is -0.0734. The number of esters is 1. The third-order valence-corrected chi connectivity index (χ3v) is 4.90. The molecule has 2 heterocycles. The van der Waals surface area contributed by atoms with Gasteiger partial charge in [0.05, 0.1) is 25.3 Å². The van der Waals surface area contributed by atoms with E-state index in [1.165, 1.54) is 5.56 Å². The number of hydrogen-bond acceptors (Lipinski definition) is 4. The maximum atomic E-state index is 12.0. The lowest BCUT2D eigenvalue weighted by Gasteiger charge is -2.33. The third-order valence-electron chi connectivity index (χ3n) is 4.90. The van der Waals surface area contributed by atoms with Gasteiger partial charge >= 0.3 is 5.97 Å². The molecule has 6 heteroatoms. The fourth-order valence-electron chi connectivity index (χ4n) is 3.36. The van der Waals surface area contributed by atoms with E-state index in [4.69, 9.17) is 14.1 Å². The Balaban J connectivity index is 1.59. The Morgan fingerprint density at radius 3 is 2.68 bits per heavy atom. The Morgan fingerprint density at radius 1 is 1.21 bits per heavy atom. The predicted molar refractivity (Wildman–Crippen MR) is 109 cm³/mol. The van der Waals surface area contributed by atoms with E-state index in [0.29, 0.717) is 13.2 Å². The first-order valence-corrected chi connectivity index (χ1v) is 10.0. The second-order valence-corrected chi connectivity index (χ2v) is 6.89. The van der Waals surface area contributed by atoms with Crippen molar-refractivity contribution < 1.29 is 13.9 Å². The average molecular weight is 383 g/mol. The molecular formula is C22H29N3O3. The van der Waals surface area contributed by atoms with Crippen molar-refractivity contribution in [3.8, 4) is 0 Å². The highest BCUT2D eigenvalue weighted by Crippen LogP contribution is 2.19. The van der Waals surface area contributed by atoms with Gasteiger partial charge < -0.3 is 19.4 Å². The molecule has 0 atom stereocenters. The summed E-state index contributed by atoms with van der Waals surface area (Å²) in [5.74, 6) is 1.76. The van der Waals surface area contributed by atoms with E-state index < -0.39 is 0 Å². The van der Waals surface area contributed by atoms with E-state index in [2.05, 4.69) is 22.3 Å². The van der Waals surface area contributed by atoms with Gasteiger partial charge in [-0.3, -0.25) is 4.79 Å². The lowest BCUT2D eigenvalue weighted by Crippen LogP contribution is -2.47. The fraction of sp³-hybridized carbons (Fsp3) is 0.455. The molecule has 0 aliphatic carbocycles. The van der Waals surface area contributed by atoms with Gasteiger partial charge in [-0.15, -0.1) is 0 Å². The maximum absolute atomic E-state index is 12.0. The zero-order valence-electron chi connectivity index (χ0n) is 16.5. The van der Waals surface area contributed by atoms with E-state index in [1.54, 1.807) is 6.26 Å². The molecule has 0 spiro atoms. The summed E-state index contributed by atoms with van der Waals surface area (Å²) in [4.78, 5) is 19.1. The van der Waals surface area contributed by atoms with E-state index in [0.717, 1.165) is 50.6 Å². The number of hydrogen-bond donors (Lipinski definition) is 1. The summed E-state index contributed by atoms with van der Waals surface area (Å²) in [5, 5.41) is 3.47. The molecule has 6 nitrogen and oxygen atoms in total. The molecule has 0 amide bonds. The lowest BCUT2D eigenvalue weighted by atomic mass is 9.97. The van der Waals surface area contributed by atoms with E-state index in [-0.39, 0.29) is 11.9 Å². The fourth-order valence-corrected chi connectivity index (χ4v) is 3.36. The summed E-state index contributed by atoms with van der Waals surface area (Å²) in [6.07, 6.45) is 4.09. The van der Waals surface area contributed by atoms with Gasteiger partial charge in [-0.1, -0.05) is 30.3 Å². The maximum Gasteiger partial charge on any atom is 0.309 e. The number of carbonyl (C=O) groups is 1. The molecule has 0 unspecified atom stereocenters. The standard InChI is InChI=1S/C22H29N3O3/c1-2-27-21(26)19-11-14-25(15-12-19)22(23-13-10-20-9-6-16-28-20)24-17-18-7-4-3-5-8-18/h3-9,16,19H,2,10-15,17H2,1H3,(H,23,24). The second kappa shape index (κ2) is 10.5. The lowest BCUT2D eigenvalue weighted by molar-refractivity contribution is -0.149. The summed E-state index contributed by atoms with van der Waals surface area (Å²) < 4.78 is 10.6. The second-order valence-electron chi connectivity index (χ2n) is 6.89. The Hall–Kier alpha value is -2.76. The molecule has 28 heavy (non-hydrogen) atoms. The summed E-state index contributed by atoms with van der Waals surface area (Å²) in [6.45, 7) is 5.26. The zero-order valence-corrected chi connectivity index (χ0v) is 16.5. The predicted octanol–water partition coefficient (Wildman–Crippen LogP) is 3.24. The molecule has 2 aromatic rings.